The molecule has 0 unspecified atom stereocenters. The second-order valence-corrected chi connectivity index (χ2v) is 5.42. The van der Waals surface area contributed by atoms with Crippen molar-refractivity contribution in [2.24, 2.45) is 5.92 Å². The van der Waals surface area contributed by atoms with Crippen molar-refractivity contribution >= 4 is 0 Å². The minimum absolute atomic E-state index is 0.544. The number of piperidine rings is 1. The number of β-amino-alcohol motifs (C(OH)–C–C–N with tert-alkyl or cyclic N) is 1. The van der Waals surface area contributed by atoms with E-state index in [4.69, 9.17) is 0 Å². The van der Waals surface area contributed by atoms with E-state index in [1.165, 1.54) is 19.3 Å². The number of likely N-dealkylation sites (tertiary alicyclic amines) is 1. The first-order valence-corrected chi connectivity index (χ1v) is 6.10. The van der Waals surface area contributed by atoms with Crippen LogP contribution in [0.15, 0.2) is 0 Å². The lowest BCUT2D eigenvalue weighted by Gasteiger charge is -2.35. The molecule has 0 aromatic rings. The molecule has 0 aliphatic carbocycles. The Kier molecular flexibility index (Phi) is 5.03. The normalized spacial score (nSPS) is 20.8. The van der Waals surface area contributed by atoms with E-state index in [1.807, 2.05) is 20.9 Å². The molecule has 1 fully saturated rings. The molecule has 3 heteroatoms. The molecule has 1 rings (SSSR count). The average Bonchev–Trinajstić information content (AvgIpc) is 2.14. The van der Waals surface area contributed by atoms with Gasteiger partial charge in [0.25, 0.3) is 0 Å². The molecule has 15 heavy (non-hydrogen) atoms. The Labute approximate surface area is 93.9 Å². The van der Waals surface area contributed by atoms with Gasteiger partial charge in [-0.3, -0.25) is 0 Å². The number of hydrogen-bond acceptors (Lipinski definition) is 3. The molecule has 1 heterocycles. The lowest BCUT2D eigenvalue weighted by Crippen LogP contribution is -2.43. The Hall–Kier alpha value is -0.120. The highest BCUT2D eigenvalue weighted by atomic mass is 16.3. The van der Waals surface area contributed by atoms with Gasteiger partial charge in [0.15, 0.2) is 0 Å². The van der Waals surface area contributed by atoms with Crippen LogP contribution in [-0.4, -0.2) is 48.8 Å². The third-order valence-corrected chi connectivity index (χ3v) is 3.12. The van der Waals surface area contributed by atoms with Crippen molar-refractivity contribution in [3.8, 4) is 0 Å². The zero-order chi connectivity index (χ0) is 11.3. The van der Waals surface area contributed by atoms with E-state index < -0.39 is 5.60 Å². The summed E-state index contributed by atoms with van der Waals surface area (Å²) in [6.45, 7) is 8.03. The van der Waals surface area contributed by atoms with E-state index in [0.29, 0.717) is 0 Å². The van der Waals surface area contributed by atoms with Gasteiger partial charge in [-0.05, 0) is 65.7 Å². The molecule has 0 aromatic heterocycles. The van der Waals surface area contributed by atoms with Gasteiger partial charge in [0.2, 0.25) is 0 Å². The van der Waals surface area contributed by atoms with E-state index in [9.17, 15) is 5.11 Å². The number of nitrogens with one attached hydrogen (secondary N) is 1. The lowest BCUT2D eigenvalue weighted by molar-refractivity contribution is 0.0240. The summed E-state index contributed by atoms with van der Waals surface area (Å²) in [5.74, 6) is 0.885. The van der Waals surface area contributed by atoms with Gasteiger partial charge in [-0.1, -0.05) is 0 Å². The molecule has 0 saturated carbocycles. The van der Waals surface area contributed by atoms with E-state index in [2.05, 4.69) is 10.2 Å². The molecular weight excluding hydrogens is 188 g/mol. The maximum atomic E-state index is 9.73. The minimum atomic E-state index is -0.544. The Morgan fingerprint density at radius 3 is 2.40 bits per heavy atom. The van der Waals surface area contributed by atoms with Gasteiger partial charge in [-0.2, -0.15) is 0 Å². The highest BCUT2D eigenvalue weighted by molar-refractivity contribution is 4.78. The molecular formula is C12H26N2O. The molecule has 2 N–H and O–H groups in total. The number of aliphatic hydroxyl groups is 1. The summed E-state index contributed by atoms with van der Waals surface area (Å²) in [6, 6.07) is 0. The molecule has 0 atom stereocenters. The van der Waals surface area contributed by atoms with E-state index in [-0.39, 0.29) is 0 Å². The van der Waals surface area contributed by atoms with Gasteiger partial charge in [-0.25, -0.2) is 0 Å². The molecule has 0 amide bonds. The molecule has 1 aliphatic heterocycles. The largest absolute Gasteiger partial charge is 0.389 e. The lowest BCUT2D eigenvalue weighted by atomic mass is 9.93. The Morgan fingerprint density at radius 1 is 1.33 bits per heavy atom. The van der Waals surface area contributed by atoms with Crippen molar-refractivity contribution in [2.75, 3.05) is 33.2 Å². The van der Waals surface area contributed by atoms with Crippen LogP contribution in [0.4, 0.5) is 0 Å². The van der Waals surface area contributed by atoms with Gasteiger partial charge in [0.1, 0.15) is 0 Å². The van der Waals surface area contributed by atoms with Crippen LogP contribution in [0, 0.1) is 5.92 Å². The van der Waals surface area contributed by atoms with Crippen LogP contribution in [-0.2, 0) is 0 Å². The summed E-state index contributed by atoms with van der Waals surface area (Å²) in [7, 11) is 2.02. The van der Waals surface area contributed by atoms with E-state index in [1.54, 1.807) is 0 Å². The molecule has 3 nitrogen and oxygen atoms in total. The van der Waals surface area contributed by atoms with Crippen molar-refractivity contribution in [3.05, 3.63) is 0 Å². The summed E-state index contributed by atoms with van der Waals surface area (Å²) < 4.78 is 0. The average molecular weight is 214 g/mol. The van der Waals surface area contributed by atoms with Gasteiger partial charge in [-0.15, -0.1) is 0 Å². The van der Waals surface area contributed by atoms with Crippen LogP contribution >= 0.6 is 0 Å². The van der Waals surface area contributed by atoms with Gasteiger partial charge < -0.3 is 15.3 Å². The maximum Gasteiger partial charge on any atom is 0.0718 e. The summed E-state index contributed by atoms with van der Waals surface area (Å²) >= 11 is 0. The van der Waals surface area contributed by atoms with Crippen LogP contribution in [0.5, 0.6) is 0 Å². The van der Waals surface area contributed by atoms with Crippen molar-refractivity contribution in [2.45, 2.75) is 38.7 Å². The zero-order valence-electron chi connectivity index (χ0n) is 10.4. The molecule has 1 aliphatic rings. The Morgan fingerprint density at radius 2 is 1.93 bits per heavy atom. The highest BCUT2D eigenvalue weighted by Gasteiger charge is 2.23. The van der Waals surface area contributed by atoms with Crippen molar-refractivity contribution in [1.29, 1.82) is 0 Å². The summed E-state index contributed by atoms with van der Waals surface area (Å²) in [4.78, 5) is 2.38. The number of rotatable bonds is 5. The zero-order valence-corrected chi connectivity index (χ0v) is 10.4. The Bertz CT molecular complexity index is 169. The highest BCUT2D eigenvalue weighted by Crippen LogP contribution is 2.21. The SMILES string of the molecule is CNCCC1CCN(CC(C)(C)O)CC1. The van der Waals surface area contributed by atoms with Crippen LogP contribution in [0.1, 0.15) is 33.1 Å². The van der Waals surface area contributed by atoms with Crippen LogP contribution in [0.3, 0.4) is 0 Å². The summed E-state index contributed by atoms with van der Waals surface area (Å²) in [6.07, 6.45) is 3.88. The van der Waals surface area contributed by atoms with Crippen molar-refractivity contribution in [1.82, 2.24) is 10.2 Å². The van der Waals surface area contributed by atoms with Gasteiger partial charge in [0, 0.05) is 6.54 Å². The maximum absolute atomic E-state index is 9.73. The first kappa shape index (κ1) is 12.9. The predicted molar refractivity (Wildman–Crippen MR) is 64.0 cm³/mol. The molecule has 0 bridgehead atoms. The third kappa shape index (κ3) is 5.50. The number of nitrogens with zero attached hydrogens (tertiary/aromatic N) is 1. The van der Waals surface area contributed by atoms with Gasteiger partial charge in [0.05, 0.1) is 5.60 Å². The Balaban J connectivity index is 2.18. The first-order chi connectivity index (χ1) is 7.01. The van der Waals surface area contributed by atoms with E-state index in [0.717, 1.165) is 32.1 Å². The van der Waals surface area contributed by atoms with Gasteiger partial charge >= 0.3 is 0 Å². The number of hydrogen-bond donors (Lipinski definition) is 2. The molecule has 90 valence electrons. The van der Waals surface area contributed by atoms with Crippen LogP contribution < -0.4 is 5.32 Å². The summed E-state index contributed by atoms with van der Waals surface area (Å²) in [5.41, 5.74) is -0.544. The topological polar surface area (TPSA) is 35.5 Å². The molecule has 1 saturated heterocycles. The van der Waals surface area contributed by atoms with Crippen molar-refractivity contribution in [3.63, 3.8) is 0 Å². The van der Waals surface area contributed by atoms with Crippen LogP contribution in [0.25, 0.3) is 0 Å². The molecule has 0 radical (unpaired) electrons. The fourth-order valence-corrected chi connectivity index (χ4v) is 2.33. The molecule has 0 aromatic carbocycles. The predicted octanol–water partition coefficient (Wildman–Crippen LogP) is 1.08. The van der Waals surface area contributed by atoms with Crippen molar-refractivity contribution < 1.29 is 5.11 Å². The fourth-order valence-electron chi connectivity index (χ4n) is 2.33. The monoisotopic (exact) mass is 214 g/mol. The molecule has 0 spiro atoms. The smallest absolute Gasteiger partial charge is 0.0718 e. The minimum Gasteiger partial charge on any atom is -0.389 e. The summed E-state index contributed by atoms with van der Waals surface area (Å²) in [5, 5.41) is 12.9. The second-order valence-electron chi connectivity index (χ2n) is 5.42. The fraction of sp³-hybridized carbons (Fsp3) is 1.00. The standard InChI is InChI=1S/C12H26N2O/c1-12(2,15)10-14-8-5-11(6-9-14)4-7-13-3/h11,13,15H,4-10H2,1-3H3. The van der Waals surface area contributed by atoms with E-state index >= 15 is 0 Å². The quantitative estimate of drug-likeness (QED) is 0.719. The second kappa shape index (κ2) is 5.83. The first-order valence-electron chi connectivity index (χ1n) is 6.10. The van der Waals surface area contributed by atoms with Crippen LogP contribution in [0.2, 0.25) is 0 Å². The third-order valence-electron chi connectivity index (χ3n) is 3.12.